The van der Waals surface area contributed by atoms with E-state index in [0.717, 1.165) is 10.2 Å². The van der Waals surface area contributed by atoms with Crippen LogP contribution in [0, 0.1) is 0 Å². The van der Waals surface area contributed by atoms with Gasteiger partial charge in [-0.3, -0.25) is 9.59 Å². The molecule has 3 aromatic heterocycles. The molecule has 142 valence electrons. The summed E-state index contributed by atoms with van der Waals surface area (Å²) in [5.41, 5.74) is -0.439. The Kier molecular flexibility index (Phi) is 4.53. The molecular weight excluding hydrogens is 366 g/mol. The van der Waals surface area contributed by atoms with Crippen molar-refractivity contribution in [2.24, 2.45) is 0 Å². The van der Waals surface area contributed by atoms with Crippen LogP contribution >= 0.6 is 11.3 Å². The van der Waals surface area contributed by atoms with Crippen molar-refractivity contribution in [2.45, 2.75) is 25.6 Å². The first-order chi connectivity index (χ1) is 13.0. The first-order valence-electron chi connectivity index (χ1n) is 8.73. The normalized spacial score (nSPS) is 19.5. The molecule has 1 atom stereocenters. The van der Waals surface area contributed by atoms with Gasteiger partial charge in [0.15, 0.2) is 0 Å². The summed E-state index contributed by atoms with van der Waals surface area (Å²) in [5.74, 6) is 0.259. The van der Waals surface area contributed by atoms with Gasteiger partial charge in [0.25, 0.3) is 5.91 Å². The minimum atomic E-state index is -1.04. The van der Waals surface area contributed by atoms with Crippen LogP contribution in [0.1, 0.15) is 23.2 Å². The second kappa shape index (κ2) is 6.86. The van der Waals surface area contributed by atoms with Crippen molar-refractivity contribution in [1.82, 2.24) is 14.8 Å². The lowest BCUT2D eigenvalue weighted by Gasteiger charge is -2.43. The fourth-order valence-corrected chi connectivity index (χ4v) is 4.42. The molecule has 0 saturated heterocycles. The molecule has 4 rings (SSSR count). The molecule has 1 aliphatic heterocycles. The Hall–Kier alpha value is -2.58. The summed E-state index contributed by atoms with van der Waals surface area (Å²) in [6, 6.07) is 7.47. The lowest BCUT2D eigenvalue weighted by molar-refractivity contribution is -0.133. The van der Waals surface area contributed by atoms with Gasteiger partial charge >= 0.3 is 0 Å². The van der Waals surface area contributed by atoms with Crippen LogP contribution < -0.4 is 5.32 Å². The molecular formula is C19H21N3O4S. The van der Waals surface area contributed by atoms with Gasteiger partial charge in [-0.1, -0.05) is 0 Å². The number of carbonyl (C=O) groups excluding carboxylic acids is 2. The number of methoxy groups -OCH3 is 1. The molecule has 0 aliphatic carbocycles. The number of furan rings is 1. The van der Waals surface area contributed by atoms with E-state index < -0.39 is 5.54 Å². The molecule has 7 nitrogen and oxygen atoms in total. The number of nitrogens with one attached hydrogen (secondary N) is 1. The summed E-state index contributed by atoms with van der Waals surface area (Å²) in [6.07, 6.45) is 1.57. The standard InChI is InChI=1S/C19H21N3O4S/c1-19(18(24)20-6-8-25-2)12-21-15(10-13-5-9-27-17(13)21)16(23)22(19)11-14-4-3-7-26-14/h3-5,7,9-10H,6,8,11-12H2,1-2H3,(H,20,24). The molecule has 2 amide bonds. The molecule has 8 heteroatoms. The topological polar surface area (TPSA) is 76.7 Å². The summed E-state index contributed by atoms with van der Waals surface area (Å²) in [7, 11) is 1.58. The van der Waals surface area contributed by atoms with Crippen molar-refractivity contribution in [1.29, 1.82) is 0 Å². The number of ether oxygens (including phenoxy) is 1. The van der Waals surface area contributed by atoms with Crippen LogP contribution in [-0.2, 0) is 22.6 Å². The molecule has 0 bridgehead atoms. The number of hydrogen-bond acceptors (Lipinski definition) is 5. The Morgan fingerprint density at radius 3 is 3.04 bits per heavy atom. The van der Waals surface area contributed by atoms with Gasteiger partial charge < -0.3 is 23.9 Å². The van der Waals surface area contributed by atoms with Crippen molar-refractivity contribution in [3.63, 3.8) is 0 Å². The number of carbonyl (C=O) groups is 2. The van der Waals surface area contributed by atoms with Crippen molar-refractivity contribution in [2.75, 3.05) is 20.3 Å². The van der Waals surface area contributed by atoms with Crippen LogP contribution in [0.5, 0.6) is 0 Å². The number of amides is 2. The van der Waals surface area contributed by atoms with Gasteiger partial charge in [-0.15, -0.1) is 11.3 Å². The summed E-state index contributed by atoms with van der Waals surface area (Å²) >= 11 is 1.57. The Labute approximate surface area is 160 Å². The van der Waals surface area contributed by atoms with E-state index in [1.54, 1.807) is 42.6 Å². The van der Waals surface area contributed by atoms with Gasteiger partial charge in [-0.2, -0.15) is 0 Å². The Balaban J connectivity index is 1.74. The van der Waals surface area contributed by atoms with Crippen LogP contribution in [0.25, 0.3) is 10.2 Å². The minimum absolute atomic E-state index is 0.176. The Bertz CT molecular complexity index is 975. The second-order valence-corrected chi connectivity index (χ2v) is 7.68. The summed E-state index contributed by atoms with van der Waals surface area (Å²) < 4.78 is 12.4. The van der Waals surface area contributed by atoms with Crippen LogP contribution in [0.3, 0.4) is 0 Å². The maximum Gasteiger partial charge on any atom is 0.271 e. The average Bonchev–Trinajstić information content (AvgIpc) is 3.37. The van der Waals surface area contributed by atoms with Gasteiger partial charge in [0.2, 0.25) is 5.91 Å². The summed E-state index contributed by atoms with van der Waals surface area (Å²) in [4.78, 5) is 29.0. The van der Waals surface area contributed by atoms with Gasteiger partial charge in [0.1, 0.15) is 21.8 Å². The Morgan fingerprint density at radius 2 is 2.30 bits per heavy atom. The number of aromatic nitrogens is 1. The molecule has 0 spiro atoms. The van der Waals surface area contributed by atoms with E-state index in [0.29, 0.717) is 31.2 Å². The first-order valence-corrected chi connectivity index (χ1v) is 9.61. The van der Waals surface area contributed by atoms with Gasteiger partial charge in [0.05, 0.1) is 26.0 Å². The number of rotatable bonds is 6. The number of hydrogen-bond donors (Lipinski definition) is 1. The molecule has 1 N–H and O–H groups in total. The third kappa shape index (κ3) is 2.94. The summed E-state index contributed by atoms with van der Waals surface area (Å²) in [5, 5.41) is 5.90. The van der Waals surface area contributed by atoms with Gasteiger partial charge in [-0.05, 0) is 36.6 Å². The van der Waals surface area contributed by atoms with E-state index in [-0.39, 0.29) is 18.4 Å². The highest BCUT2D eigenvalue weighted by atomic mass is 32.1. The molecule has 1 unspecified atom stereocenters. The van der Waals surface area contributed by atoms with E-state index >= 15 is 0 Å². The van der Waals surface area contributed by atoms with E-state index in [1.165, 1.54) is 0 Å². The zero-order chi connectivity index (χ0) is 19.0. The predicted octanol–water partition coefficient (Wildman–Crippen LogP) is 2.47. The lowest BCUT2D eigenvalue weighted by atomic mass is 9.94. The molecule has 1 aliphatic rings. The second-order valence-electron chi connectivity index (χ2n) is 6.79. The number of thiophene rings is 1. The van der Waals surface area contributed by atoms with Crippen molar-refractivity contribution in [3.8, 4) is 0 Å². The predicted molar refractivity (Wildman–Crippen MR) is 102 cm³/mol. The molecule has 27 heavy (non-hydrogen) atoms. The van der Waals surface area contributed by atoms with Crippen molar-refractivity contribution >= 4 is 33.4 Å². The van der Waals surface area contributed by atoms with Gasteiger partial charge in [0, 0.05) is 19.0 Å². The van der Waals surface area contributed by atoms with Crippen molar-refractivity contribution < 1.29 is 18.7 Å². The lowest BCUT2D eigenvalue weighted by Crippen LogP contribution is -2.63. The first kappa shape index (κ1) is 17.8. The van der Waals surface area contributed by atoms with Crippen LogP contribution in [0.2, 0.25) is 0 Å². The highest BCUT2D eigenvalue weighted by molar-refractivity contribution is 7.16. The molecule has 0 aromatic carbocycles. The molecule has 0 saturated carbocycles. The quantitative estimate of drug-likeness (QED) is 0.659. The smallest absolute Gasteiger partial charge is 0.271 e. The van der Waals surface area contributed by atoms with E-state index in [9.17, 15) is 9.59 Å². The zero-order valence-corrected chi connectivity index (χ0v) is 16.0. The highest BCUT2D eigenvalue weighted by Gasteiger charge is 2.48. The van der Waals surface area contributed by atoms with Crippen LogP contribution in [-0.4, -0.2) is 47.1 Å². The fourth-order valence-electron chi connectivity index (χ4n) is 3.52. The van der Waals surface area contributed by atoms with E-state index in [2.05, 4.69) is 5.32 Å². The minimum Gasteiger partial charge on any atom is -0.467 e. The summed E-state index contributed by atoms with van der Waals surface area (Å²) in [6.45, 7) is 3.23. The number of fused-ring (bicyclic) bond motifs is 3. The SMILES string of the molecule is COCCNC(=O)C1(C)Cn2c(cc3ccsc32)C(=O)N1Cc1ccco1. The maximum atomic E-state index is 13.3. The van der Waals surface area contributed by atoms with Crippen LogP contribution in [0.15, 0.2) is 40.3 Å². The maximum absolute atomic E-state index is 13.3. The fraction of sp³-hybridized carbons (Fsp3) is 0.368. The van der Waals surface area contributed by atoms with E-state index in [4.69, 9.17) is 9.15 Å². The average molecular weight is 387 g/mol. The number of nitrogens with zero attached hydrogens (tertiary/aromatic N) is 2. The third-order valence-corrected chi connectivity index (χ3v) is 5.95. The third-order valence-electron chi connectivity index (χ3n) is 5.00. The largest absolute Gasteiger partial charge is 0.467 e. The van der Waals surface area contributed by atoms with E-state index in [1.807, 2.05) is 28.1 Å². The van der Waals surface area contributed by atoms with Gasteiger partial charge in [-0.25, -0.2) is 0 Å². The molecule has 0 radical (unpaired) electrons. The molecule has 4 heterocycles. The molecule has 0 fully saturated rings. The molecule has 3 aromatic rings. The monoisotopic (exact) mass is 387 g/mol. The highest BCUT2D eigenvalue weighted by Crippen LogP contribution is 2.35. The van der Waals surface area contributed by atoms with Crippen LogP contribution in [0.4, 0.5) is 0 Å². The Morgan fingerprint density at radius 1 is 1.44 bits per heavy atom. The van der Waals surface area contributed by atoms with Crippen molar-refractivity contribution in [3.05, 3.63) is 47.4 Å². The zero-order valence-electron chi connectivity index (χ0n) is 15.2.